The Bertz CT molecular complexity index is 780. The Morgan fingerprint density at radius 1 is 1.38 bits per heavy atom. The number of anilines is 1. The van der Waals surface area contributed by atoms with Gasteiger partial charge in [-0.2, -0.15) is 0 Å². The van der Waals surface area contributed by atoms with Crippen LogP contribution in [0, 0.1) is 18.7 Å². The van der Waals surface area contributed by atoms with Crippen LogP contribution in [0.5, 0.6) is 0 Å². The lowest BCUT2D eigenvalue weighted by Gasteiger charge is -2.19. The Morgan fingerprint density at radius 3 is 2.81 bits per heavy atom. The van der Waals surface area contributed by atoms with Crippen molar-refractivity contribution in [1.29, 1.82) is 0 Å². The van der Waals surface area contributed by atoms with E-state index in [4.69, 9.17) is 0 Å². The molecule has 144 valence electrons. The average molecular weight is 420 g/mol. The zero-order chi connectivity index (χ0) is 17.3. The lowest BCUT2D eigenvalue weighted by Crippen LogP contribution is -2.25. The van der Waals surface area contributed by atoms with Gasteiger partial charge in [0.2, 0.25) is 0 Å². The quantitative estimate of drug-likeness (QED) is 0.764. The van der Waals surface area contributed by atoms with Crippen LogP contribution in [0.15, 0.2) is 12.1 Å². The Kier molecular flexibility index (Phi) is 8.47. The van der Waals surface area contributed by atoms with Crippen LogP contribution in [0.1, 0.15) is 45.3 Å². The molecule has 8 heteroatoms. The molecule has 1 aliphatic heterocycles. The number of nitrogens with zero attached hydrogens (tertiary/aromatic N) is 1. The van der Waals surface area contributed by atoms with Gasteiger partial charge in [-0.25, -0.2) is 9.37 Å². The summed E-state index contributed by atoms with van der Waals surface area (Å²) in [5, 5.41) is 6.89. The van der Waals surface area contributed by atoms with E-state index in [0.29, 0.717) is 35.0 Å². The molecule has 0 fully saturated rings. The van der Waals surface area contributed by atoms with Crippen LogP contribution in [-0.2, 0) is 19.4 Å². The molecule has 0 saturated carbocycles. The van der Waals surface area contributed by atoms with Crippen molar-refractivity contribution in [2.24, 2.45) is 5.92 Å². The average Bonchev–Trinajstić information content (AvgIpc) is 2.90. The lowest BCUT2D eigenvalue weighted by molar-refractivity contribution is 0.102. The number of fused-ring (bicyclic) bond motifs is 1. The number of carbonyl (C=O) groups excluding carboxylic acids is 1. The summed E-state index contributed by atoms with van der Waals surface area (Å²) < 4.78 is 14.7. The largest absolute Gasteiger partial charge is 0.319 e. The van der Waals surface area contributed by atoms with Crippen LogP contribution in [0.25, 0.3) is 0 Å². The molecule has 0 saturated heterocycles. The minimum Gasteiger partial charge on any atom is -0.319 e. The minimum atomic E-state index is -0.313. The fourth-order valence-corrected chi connectivity index (χ4v) is 4.08. The van der Waals surface area contributed by atoms with E-state index in [-0.39, 0.29) is 42.2 Å². The predicted octanol–water partition coefficient (Wildman–Crippen LogP) is 4.53. The summed E-state index contributed by atoms with van der Waals surface area (Å²) in [6.45, 7) is 7.49. The highest BCUT2D eigenvalue weighted by Gasteiger charge is 2.20. The predicted molar refractivity (Wildman–Crippen MR) is 110 cm³/mol. The second kappa shape index (κ2) is 9.65. The van der Waals surface area contributed by atoms with Crippen molar-refractivity contribution in [3.05, 3.63) is 44.7 Å². The van der Waals surface area contributed by atoms with Crippen molar-refractivity contribution in [1.82, 2.24) is 10.3 Å². The van der Waals surface area contributed by atoms with E-state index in [0.717, 1.165) is 23.5 Å². The smallest absolute Gasteiger partial charge is 0.267 e. The SMILES string of the molecule is Cc1nc(CC(C)C)sc1C(=O)Nc1ccc2c(c1F)CCNC2.Cl.Cl. The highest BCUT2D eigenvalue weighted by Crippen LogP contribution is 2.26. The molecule has 1 aromatic carbocycles. The van der Waals surface area contributed by atoms with E-state index in [1.54, 1.807) is 6.07 Å². The first-order valence-corrected chi connectivity index (χ1v) is 9.06. The van der Waals surface area contributed by atoms with Crippen molar-refractivity contribution in [3.8, 4) is 0 Å². The van der Waals surface area contributed by atoms with Crippen molar-refractivity contribution in [3.63, 3.8) is 0 Å². The Morgan fingerprint density at radius 2 is 2.12 bits per heavy atom. The fourth-order valence-electron chi connectivity index (χ4n) is 2.91. The van der Waals surface area contributed by atoms with E-state index >= 15 is 0 Å². The number of benzene rings is 1. The van der Waals surface area contributed by atoms with Gasteiger partial charge in [-0.15, -0.1) is 36.2 Å². The molecule has 0 radical (unpaired) electrons. The molecular formula is C18H24Cl2FN3OS. The first kappa shape index (κ1) is 22.8. The van der Waals surface area contributed by atoms with Gasteiger partial charge in [-0.05, 0) is 43.0 Å². The van der Waals surface area contributed by atoms with Crippen molar-refractivity contribution < 1.29 is 9.18 Å². The van der Waals surface area contributed by atoms with Gasteiger partial charge >= 0.3 is 0 Å². The van der Waals surface area contributed by atoms with Crippen molar-refractivity contribution in [2.45, 2.75) is 40.2 Å². The molecule has 2 N–H and O–H groups in total. The van der Waals surface area contributed by atoms with Gasteiger partial charge < -0.3 is 10.6 Å². The van der Waals surface area contributed by atoms with E-state index in [1.807, 2.05) is 13.0 Å². The van der Waals surface area contributed by atoms with E-state index in [1.165, 1.54) is 11.3 Å². The lowest BCUT2D eigenvalue weighted by atomic mass is 9.99. The normalized spacial score (nSPS) is 12.8. The molecule has 1 amide bonds. The third-order valence-corrected chi connectivity index (χ3v) is 5.26. The molecule has 4 nitrogen and oxygen atoms in total. The standard InChI is InChI=1S/C18H22FN3OS.2ClH/c1-10(2)8-15-21-11(3)17(24-15)18(23)22-14-5-4-12-9-20-7-6-13(12)16(14)19;;/h4-5,10,20H,6-9H2,1-3H3,(H,22,23);2*1H. The highest BCUT2D eigenvalue weighted by molar-refractivity contribution is 7.13. The third kappa shape index (κ3) is 4.94. The van der Waals surface area contributed by atoms with Crippen molar-refractivity contribution in [2.75, 3.05) is 11.9 Å². The number of hydrogen-bond donors (Lipinski definition) is 2. The molecule has 0 bridgehead atoms. The second-order valence-corrected chi connectivity index (χ2v) is 7.65. The minimum absolute atomic E-state index is 0. The fraction of sp³-hybridized carbons (Fsp3) is 0.444. The van der Waals surface area contributed by atoms with E-state index < -0.39 is 0 Å². The third-order valence-electron chi connectivity index (χ3n) is 4.09. The van der Waals surface area contributed by atoms with Gasteiger partial charge in [0.1, 0.15) is 10.7 Å². The van der Waals surface area contributed by atoms with Gasteiger partial charge in [0.15, 0.2) is 0 Å². The maximum atomic E-state index is 14.7. The van der Waals surface area contributed by atoms with Crippen LogP contribution in [0.4, 0.5) is 10.1 Å². The Balaban J connectivity index is 0.00000169. The summed E-state index contributed by atoms with van der Waals surface area (Å²) >= 11 is 1.39. The van der Waals surface area contributed by atoms with Gasteiger partial charge in [-0.3, -0.25) is 4.79 Å². The van der Waals surface area contributed by atoms with Crippen LogP contribution < -0.4 is 10.6 Å². The van der Waals surface area contributed by atoms with Gasteiger partial charge in [0, 0.05) is 13.0 Å². The summed E-state index contributed by atoms with van der Waals surface area (Å²) in [7, 11) is 0. The molecule has 0 atom stereocenters. The van der Waals surface area contributed by atoms with E-state index in [2.05, 4.69) is 29.5 Å². The van der Waals surface area contributed by atoms with Crippen LogP contribution in [0.3, 0.4) is 0 Å². The molecule has 26 heavy (non-hydrogen) atoms. The maximum absolute atomic E-state index is 14.7. The van der Waals surface area contributed by atoms with E-state index in [9.17, 15) is 9.18 Å². The molecule has 2 heterocycles. The summed E-state index contributed by atoms with van der Waals surface area (Å²) in [6.07, 6.45) is 1.49. The topological polar surface area (TPSA) is 54.0 Å². The Labute approximate surface area is 169 Å². The molecule has 0 aliphatic carbocycles. The zero-order valence-corrected chi connectivity index (χ0v) is 17.5. The van der Waals surface area contributed by atoms with Crippen molar-refractivity contribution >= 4 is 47.7 Å². The Hall–Kier alpha value is -1.21. The number of aryl methyl sites for hydroxylation is 1. The summed E-state index contributed by atoms with van der Waals surface area (Å²) in [6, 6.07) is 3.52. The number of rotatable bonds is 4. The highest BCUT2D eigenvalue weighted by atomic mass is 35.5. The van der Waals surface area contributed by atoms with Gasteiger partial charge in [0.05, 0.1) is 16.4 Å². The monoisotopic (exact) mass is 419 g/mol. The molecule has 1 aromatic heterocycles. The zero-order valence-electron chi connectivity index (χ0n) is 15.0. The summed E-state index contributed by atoms with van der Waals surface area (Å²) in [4.78, 5) is 17.6. The molecule has 3 rings (SSSR count). The molecule has 0 spiro atoms. The van der Waals surface area contributed by atoms with Crippen LogP contribution in [0.2, 0.25) is 0 Å². The number of hydrogen-bond acceptors (Lipinski definition) is 4. The van der Waals surface area contributed by atoms with Crippen LogP contribution >= 0.6 is 36.2 Å². The summed E-state index contributed by atoms with van der Waals surface area (Å²) in [5.74, 6) is -0.113. The summed E-state index contributed by atoms with van der Waals surface area (Å²) in [5.41, 5.74) is 2.62. The van der Waals surface area contributed by atoms with Crippen LogP contribution in [-0.4, -0.2) is 17.4 Å². The first-order valence-electron chi connectivity index (χ1n) is 8.24. The molecule has 0 unspecified atom stereocenters. The molecule has 1 aliphatic rings. The molecule has 2 aromatic rings. The number of aromatic nitrogens is 1. The number of nitrogens with one attached hydrogen (secondary N) is 2. The van der Waals surface area contributed by atoms with Gasteiger partial charge in [-0.1, -0.05) is 19.9 Å². The number of carbonyl (C=O) groups is 1. The number of amides is 1. The first-order chi connectivity index (χ1) is 11.5. The maximum Gasteiger partial charge on any atom is 0.267 e. The van der Waals surface area contributed by atoms with Gasteiger partial charge in [0.25, 0.3) is 5.91 Å². The molecular weight excluding hydrogens is 396 g/mol. The number of thiazole rings is 1. The number of halogens is 3. The second-order valence-electron chi connectivity index (χ2n) is 6.57.